The van der Waals surface area contributed by atoms with Gasteiger partial charge in [-0.1, -0.05) is 38.1 Å². The van der Waals surface area contributed by atoms with Gasteiger partial charge in [0, 0.05) is 12.1 Å². The highest BCUT2D eigenvalue weighted by Gasteiger charge is 2.32. The van der Waals surface area contributed by atoms with E-state index in [9.17, 15) is 4.79 Å². The van der Waals surface area contributed by atoms with Crippen molar-refractivity contribution in [2.75, 3.05) is 6.54 Å². The van der Waals surface area contributed by atoms with Crippen LogP contribution in [0.25, 0.3) is 0 Å². The van der Waals surface area contributed by atoms with Crippen LogP contribution >= 0.6 is 12.4 Å². The minimum atomic E-state index is -0.308. The molecule has 0 fully saturated rings. The van der Waals surface area contributed by atoms with Gasteiger partial charge >= 0.3 is 0 Å². The summed E-state index contributed by atoms with van der Waals surface area (Å²) in [4.78, 5) is 12.8. The first kappa shape index (κ1) is 19.0. The maximum Gasteiger partial charge on any atom is 0.228 e. The van der Waals surface area contributed by atoms with Crippen LogP contribution in [0.4, 0.5) is 0 Å². The molecule has 22 heavy (non-hydrogen) atoms. The Labute approximate surface area is 140 Å². The first-order valence-electron chi connectivity index (χ1n) is 8.05. The van der Waals surface area contributed by atoms with Crippen molar-refractivity contribution in [2.24, 2.45) is 11.7 Å². The third kappa shape index (κ3) is 4.47. The van der Waals surface area contributed by atoms with Crippen molar-refractivity contribution in [3.8, 4) is 0 Å². The molecule has 124 valence electrons. The van der Waals surface area contributed by atoms with Crippen molar-refractivity contribution in [1.29, 1.82) is 0 Å². The number of carbonyl (C=O) groups is 1. The van der Waals surface area contributed by atoms with Crippen LogP contribution in [-0.4, -0.2) is 18.0 Å². The molecule has 1 amide bonds. The Bertz CT molecular complexity index is 504. The monoisotopic (exact) mass is 324 g/mol. The van der Waals surface area contributed by atoms with Crippen molar-refractivity contribution in [2.45, 2.75) is 57.9 Å². The fourth-order valence-corrected chi connectivity index (χ4v) is 3.50. The number of nitrogens with one attached hydrogen (secondary N) is 1. The Morgan fingerprint density at radius 1 is 1.41 bits per heavy atom. The first-order chi connectivity index (χ1) is 9.95. The average molecular weight is 325 g/mol. The maximum atomic E-state index is 12.8. The van der Waals surface area contributed by atoms with Gasteiger partial charge in [-0.25, -0.2) is 0 Å². The van der Waals surface area contributed by atoms with Crippen LogP contribution in [0.1, 0.15) is 57.1 Å². The molecule has 2 rings (SSSR count). The molecule has 1 aliphatic carbocycles. The van der Waals surface area contributed by atoms with Gasteiger partial charge in [-0.05, 0) is 49.7 Å². The summed E-state index contributed by atoms with van der Waals surface area (Å²) in [7, 11) is 0. The molecule has 0 bridgehead atoms. The lowest BCUT2D eigenvalue weighted by Crippen LogP contribution is -2.53. The summed E-state index contributed by atoms with van der Waals surface area (Å²) in [6, 6.07) is 8.33. The van der Waals surface area contributed by atoms with Crippen LogP contribution in [-0.2, 0) is 11.2 Å². The smallest absolute Gasteiger partial charge is 0.228 e. The second kappa shape index (κ2) is 7.98. The van der Waals surface area contributed by atoms with Gasteiger partial charge in [0.2, 0.25) is 5.91 Å². The topological polar surface area (TPSA) is 55.1 Å². The number of halogens is 1. The highest BCUT2D eigenvalue weighted by Crippen LogP contribution is 2.32. The van der Waals surface area contributed by atoms with Crippen LogP contribution in [0.15, 0.2) is 24.3 Å². The molecule has 1 aromatic rings. The van der Waals surface area contributed by atoms with E-state index in [-0.39, 0.29) is 29.8 Å². The van der Waals surface area contributed by atoms with Gasteiger partial charge in [0.15, 0.2) is 0 Å². The van der Waals surface area contributed by atoms with E-state index in [4.69, 9.17) is 5.73 Å². The lowest BCUT2D eigenvalue weighted by atomic mass is 9.81. The third-order valence-corrected chi connectivity index (χ3v) is 4.42. The highest BCUT2D eigenvalue weighted by molar-refractivity contribution is 5.85. The van der Waals surface area contributed by atoms with Crippen molar-refractivity contribution in [3.05, 3.63) is 35.4 Å². The fraction of sp³-hybridized carbons (Fsp3) is 0.611. The zero-order chi connectivity index (χ0) is 15.5. The van der Waals surface area contributed by atoms with Gasteiger partial charge in [0.25, 0.3) is 0 Å². The minimum Gasteiger partial charge on any atom is -0.349 e. The Morgan fingerprint density at radius 2 is 2.09 bits per heavy atom. The third-order valence-electron chi connectivity index (χ3n) is 4.42. The van der Waals surface area contributed by atoms with Gasteiger partial charge in [0.05, 0.1) is 5.92 Å². The van der Waals surface area contributed by atoms with Crippen LogP contribution in [0.3, 0.4) is 0 Å². The van der Waals surface area contributed by atoms with E-state index in [1.807, 2.05) is 6.07 Å². The molecule has 3 N–H and O–H groups in total. The zero-order valence-electron chi connectivity index (χ0n) is 13.9. The second-order valence-corrected chi connectivity index (χ2v) is 7.00. The van der Waals surface area contributed by atoms with Crippen LogP contribution < -0.4 is 11.1 Å². The van der Waals surface area contributed by atoms with E-state index in [0.29, 0.717) is 12.5 Å². The molecule has 0 heterocycles. The number of carbonyl (C=O) groups excluding carboxylic acids is 1. The van der Waals surface area contributed by atoms with Crippen LogP contribution in [0.2, 0.25) is 0 Å². The summed E-state index contributed by atoms with van der Waals surface area (Å²) >= 11 is 0. The number of benzene rings is 1. The normalized spacial score (nSPS) is 19.8. The molecule has 0 spiro atoms. The van der Waals surface area contributed by atoms with Crippen LogP contribution in [0, 0.1) is 5.92 Å². The molecule has 3 nitrogen and oxygen atoms in total. The summed E-state index contributed by atoms with van der Waals surface area (Å²) in [6.45, 7) is 6.86. The minimum absolute atomic E-state index is 0. The molecule has 2 unspecified atom stereocenters. The summed E-state index contributed by atoms with van der Waals surface area (Å²) in [5, 5.41) is 3.22. The van der Waals surface area contributed by atoms with E-state index in [1.165, 1.54) is 11.1 Å². The number of rotatable bonds is 5. The van der Waals surface area contributed by atoms with Gasteiger partial charge in [0.1, 0.15) is 0 Å². The quantitative estimate of drug-likeness (QED) is 0.872. The molecular weight excluding hydrogens is 296 g/mol. The first-order valence-corrected chi connectivity index (χ1v) is 8.05. The predicted molar refractivity (Wildman–Crippen MR) is 94.4 cm³/mol. The highest BCUT2D eigenvalue weighted by atomic mass is 35.5. The Balaban J connectivity index is 0.00000242. The van der Waals surface area contributed by atoms with Gasteiger partial charge < -0.3 is 11.1 Å². The number of fused-ring (bicyclic) bond motifs is 1. The molecule has 0 saturated heterocycles. The van der Waals surface area contributed by atoms with Gasteiger partial charge in [-0.15, -0.1) is 12.4 Å². The molecular formula is C18H29ClN2O. The van der Waals surface area contributed by atoms with Gasteiger partial charge in [-0.3, -0.25) is 4.79 Å². The zero-order valence-corrected chi connectivity index (χ0v) is 14.7. The number of nitrogens with two attached hydrogens (primary N) is 1. The largest absolute Gasteiger partial charge is 0.349 e. The van der Waals surface area contributed by atoms with E-state index in [1.54, 1.807) is 0 Å². The molecule has 1 aliphatic rings. The van der Waals surface area contributed by atoms with E-state index in [2.05, 4.69) is 44.3 Å². The molecule has 4 heteroatoms. The van der Waals surface area contributed by atoms with E-state index >= 15 is 0 Å². The number of amides is 1. The molecule has 0 radical (unpaired) electrons. The second-order valence-electron chi connectivity index (χ2n) is 7.00. The molecule has 0 saturated carbocycles. The summed E-state index contributed by atoms with van der Waals surface area (Å²) in [5.74, 6) is 0.626. The fourth-order valence-electron chi connectivity index (χ4n) is 3.50. The van der Waals surface area contributed by atoms with Crippen LogP contribution in [0.5, 0.6) is 0 Å². The average Bonchev–Trinajstić information content (AvgIpc) is 2.45. The predicted octanol–water partition coefficient (Wildman–Crippen LogP) is 3.41. The van der Waals surface area contributed by atoms with E-state index < -0.39 is 0 Å². The number of aryl methyl sites for hydroxylation is 1. The standard InChI is InChI=1S/C18H28N2O.ClH/c1-13(2)11-18(3,12-19)20-17(21)16-10-6-8-14-7-4-5-9-15(14)16;/h4-5,7,9,13,16H,6,8,10-12,19H2,1-3H3,(H,20,21);1H. The van der Waals surface area contributed by atoms with E-state index in [0.717, 1.165) is 25.7 Å². The Kier molecular flexibility index (Phi) is 6.89. The Hall–Kier alpha value is -1.06. The van der Waals surface area contributed by atoms with Crippen molar-refractivity contribution in [1.82, 2.24) is 5.32 Å². The van der Waals surface area contributed by atoms with Crippen molar-refractivity contribution in [3.63, 3.8) is 0 Å². The SMILES string of the molecule is CC(C)CC(C)(CN)NC(=O)C1CCCc2ccccc21.Cl. The lowest BCUT2D eigenvalue weighted by molar-refractivity contribution is -0.124. The summed E-state index contributed by atoms with van der Waals surface area (Å²) < 4.78 is 0. The summed E-state index contributed by atoms with van der Waals surface area (Å²) in [5.41, 5.74) is 8.13. The van der Waals surface area contributed by atoms with Gasteiger partial charge in [-0.2, -0.15) is 0 Å². The number of hydrogen-bond donors (Lipinski definition) is 2. The lowest BCUT2D eigenvalue weighted by Gasteiger charge is -2.34. The number of hydrogen-bond acceptors (Lipinski definition) is 2. The maximum absolute atomic E-state index is 12.8. The molecule has 0 aromatic heterocycles. The Morgan fingerprint density at radius 3 is 2.73 bits per heavy atom. The summed E-state index contributed by atoms with van der Waals surface area (Å²) in [6.07, 6.45) is 4.01. The molecule has 1 aromatic carbocycles. The van der Waals surface area contributed by atoms with Crippen molar-refractivity contribution >= 4 is 18.3 Å². The van der Waals surface area contributed by atoms with Crippen molar-refractivity contribution < 1.29 is 4.79 Å². The molecule has 0 aliphatic heterocycles. The molecule has 2 atom stereocenters.